The summed E-state index contributed by atoms with van der Waals surface area (Å²) in [5, 5.41) is 36.9. The Morgan fingerprint density at radius 2 is 1.65 bits per heavy atom. The molecule has 0 fully saturated rings. The summed E-state index contributed by atoms with van der Waals surface area (Å²) in [7, 11) is 1.95. The summed E-state index contributed by atoms with van der Waals surface area (Å²) in [5.41, 5.74) is -1.46. The topological polar surface area (TPSA) is 163 Å². The third-order valence-corrected chi connectivity index (χ3v) is 3.39. The maximum atomic E-state index is 10.3. The first-order valence-corrected chi connectivity index (χ1v) is 7.60. The van der Waals surface area contributed by atoms with Crippen LogP contribution in [0.15, 0.2) is 18.2 Å². The van der Waals surface area contributed by atoms with Crippen molar-refractivity contribution in [3.8, 4) is 11.5 Å². The molecule has 10 heteroatoms. The Morgan fingerprint density at radius 3 is 2.15 bits per heavy atom. The minimum absolute atomic E-state index is 0.352. The predicted molar refractivity (Wildman–Crippen MR) is 87.3 cm³/mol. The van der Waals surface area contributed by atoms with E-state index >= 15 is 0 Å². The van der Waals surface area contributed by atoms with Gasteiger partial charge in [0.2, 0.25) is 6.79 Å². The van der Waals surface area contributed by atoms with Crippen LogP contribution in [-0.2, 0) is 20.8 Å². The first kappa shape index (κ1) is 21.2. The number of nitrogens with one attached hydrogen (secondary N) is 1. The number of ether oxygens (including phenoxy) is 2. The number of carboxylic acids is 3. The monoisotopic (exact) mass is 371 g/mol. The molecule has 0 aliphatic carbocycles. The quantitative estimate of drug-likeness (QED) is 0.418. The third-order valence-electron chi connectivity index (χ3n) is 3.39. The fourth-order valence-corrected chi connectivity index (χ4v) is 2.08. The maximum Gasteiger partial charge on any atom is 0.336 e. The van der Waals surface area contributed by atoms with Crippen molar-refractivity contribution >= 4 is 17.9 Å². The summed E-state index contributed by atoms with van der Waals surface area (Å²) in [6.07, 6.45) is -1.27. The largest absolute Gasteiger partial charge is 0.481 e. The summed E-state index contributed by atoms with van der Waals surface area (Å²) >= 11 is 0. The average molecular weight is 371 g/mol. The van der Waals surface area contributed by atoms with Crippen molar-refractivity contribution in [3.05, 3.63) is 23.8 Å². The van der Waals surface area contributed by atoms with Gasteiger partial charge in [-0.25, -0.2) is 4.79 Å². The van der Waals surface area contributed by atoms with Crippen LogP contribution in [0.5, 0.6) is 11.5 Å². The Morgan fingerprint density at radius 1 is 1.08 bits per heavy atom. The van der Waals surface area contributed by atoms with Crippen LogP contribution in [0.3, 0.4) is 0 Å². The van der Waals surface area contributed by atoms with Crippen LogP contribution in [-0.4, -0.2) is 64.3 Å². The summed E-state index contributed by atoms with van der Waals surface area (Å²) in [6, 6.07) is 6.08. The number of carboxylic acid groups (broad SMARTS) is 3. The molecule has 0 saturated carbocycles. The van der Waals surface area contributed by atoms with Gasteiger partial charge in [-0.1, -0.05) is 6.07 Å². The number of hydrogen-bond donors (Lipinski definition) is 5. The van der Waals surface area contributed by atoms with Gasteiger partial charge in [0, 0.05) is 0 Å². The third kappa shape index (κ3) is 6.57. The smallest absolute Gasteiger partial charge is 0.336 e. The second-order valence-corrected chi connectivity index (χ2v) is 5.52. The van der Waals surface area contributed by atoms with Crippen molar-refractivity contribution < 1.29 is 44.3 Å². The van der Waals surface area contributed by atoms with Crippen molar-refractivity contribution in [1.29, 1.82) is 0 Å². The number of hydrogen-bond acceptors (Lipinski definition) is 7. The van der Waals surface area contributed by atoms with Gasteiger partial charge in [-0.15, -0.1) is 0 Å². The Labute approximate surface area is 149 Å². The van der Waals surface area contributed by atoms with E-state index < -0.39 is 36.4 Å². The molecule has 0 bridgehead atoms. The van der Waals surface area contributed by atoms with Crippen LogP contribution in [0, 0.1) is 0 Å². The number of rotatable bonds is 8. The van der Waals surface area contributed by atoms with Crippen LogP contribution in [0.25, 0.3) is 0 Å². The van der Waals surface area contributed by atoms with Crippen molar-refractivity contribution in [3.63, 3.8) is 0 Å². The molecule has 0 saturated heterocycles. The molecule has 0 unspecified atom stereocenters. The molecule has 0 spiro atoms. The Hall–Kier alpha value is -2.85. The van der Waals surface area contributed by atoms with Crippen molar-refractivity contribution in [1.82, 2.24) is 5.32 Å². The lowest BCUT2D eigenvalue weighted by Gasteiger charge is -2.18. The molecule has 0 radical (unpaired) electrons. The summed E-state index contributed by atoms with van der Waals surface area (Å²) in [4.78, 5) is 30.5. The molecule has 1 aliphatic rings. The van der Waals surface area contributed by atoms with Gasteiger partial charge in [-0.2, -0.15) is 0 Å². The maximum absolute atomic E-state index is 10.3. The Bertz CT molecular complexity index is 643. The predicted octanol–water partition coefficient (Wildman–Crippen LogP) is -0.0713. The van der Waals surface area contributed by atoms with Gasteiger partial charge in [0.1, 0.15) is 0 Å². The number of likely N-dealkylation sites (N-methyl/N-ethyl adjacent to an activating group) is 1. The van der Waals surface area contributed by atoms with E-state index in [-0.39, 0.29) is 0 Å². The van der Waals surface area contributed by atoms with Gasteiger partial charge in [0.05, 0.1) is 12.8 Å². The zero-order valence-corrected chi connectivity index (χ0v) is 14.1. The van der Waals surface area contributed by atoms with Gasteiger partial charge in [0.25, 0.3) is 0 Å². The highest BCUT2D eigenvalue weighted by Gasteiger charge is 2.40. The van der Waals surface area contributed by atoms with E-state index in [1.54, 1.807) is 0 Å². The van der Waals surface area contributed by atoms with Gasteiger partial charge < -0.3 is 35.2 Å². The molecule has 0 amide bonds. The van der Waals surface area contributed by atoms with Gasteiger partial charge >= 0.3 is 17.9 Å². The average Bonchev–Trinajstić information content (AvgIpc) is 2.99. The Balaban J connectivity index is 0.000000260. The van der Waals surface area contributed by atoms with E-state index in [9.17, 15) is 14.4 Å². The fraction of sp³-hybridized carbons (Fsp3) is 0.438. The van der Waals surface area contributed by atoms with Crippen molar-refractivity contribution in [2.24, 2.45) is 0 Å². The van der Waals surface area contributed by atoms with Crippen LogP contribution >= 0.6 is 0 Å². The summed E-state index contributed by atoms with van der Waals surface area (Å²) in [6.45, 7) is 1.34. The zero-order valence-electron chi connectivity index (χ0n) is 14.1. The standard InChI is InChI=1S/C10H13NO2.C6H8O7/c1-11-5-4-8-2-3-9-10(6-8)13-7-12-9;7-3(8)1-6(13,5(11)12)2-4(9)10/h2-3,6,11H,4-5,7H2,1H3;13H,1-2H2,(H,7,8)(H,9,10)(H,11,12). The summed E-state index contributed by atoms with van der Waals surface area (Å²) < 4.78 is 10.5. The number of aliphatic carboxylic acids is 3. The van der Waals surface area contributed by atoms with Crippen molar-refractivity contribution in [2.45, 2.75) is 24.9 Å². The molecule has 0 aromatic heterocycles. The van der Waals surface area contributed by atoms with Gasteiger partial charge in [-0.05, 0) is 37.7 Å². The minimum atomic E-state index is -2.74. The molecule has 1 aliphatic heterocycles. The molecule has 26 heavy (non-hydrogen) atoms. The lowest BCUT2D eigenvalue weighted by Crippen LogP contribution is -2.42. The molecular weight excluding hydrogens is 350 g/mol. The Kier molecular flexibility index (Phi) is 7.81. The van der Waals surface area contributed by atoms with Crippen molar-refractivity contribution in [2.75, 3.05) is 20.4 Å². The molecule has 1 aromatic rings. The van der Waals surface area contributed by atoms with Crippen LogP contribution in [0.1, 0.15) is 18.4 Å². The number of aliphatic hydroxyl groups is 1. The van der Waals surface area contributed by atoms with Gasteiger partial charge in [0.15, 0.2) is 17.1 Å². The minimum Gasteiger partial charge on any atom is -0.481 e. The van der Waals surface area contributed by atoms with E-state index in [2.05, 4.69) is 11.4 Å². The zero-order chi connectivity index (χ0) is 19.7. The van der Waals surface area contributed by atoms with Crippen LogP contribution < -0.4 is 14.8 Å². The van der Waals surface area contributed by atoms with E-state index in [1.165, 1.54) is 5.56 Å². The lowest BCUT2D eigenvalue weighted by molar-refractivity contribution is -0.170. The molecule has 144 valence electrons. The molecule has 10 nitrogen and oxygen atoms in total. The summed E-state index contributed by atoms with van der Waals surface area (Å²) in [5.74, 6) is -3.29. The number of carbonyl (C=O) groups is 3. The van der Waals surface area contributed by atoms with E-state index in [0.717, 1.165) is 24.5 Å². The normalized spacial score (nSPS) is 12.1. The van der Waals surface area contributed by atoms with E-state index in [4.69, 9.17) is 29.9 Å². The number of benzene rings is 1. The molecular formula is C16H21NO9. The highest BCUT2D eigenvalue weighted by molar-refractivity contribution is 5.88. The molecule has 5 N–H and O–H groups in total. The second-order valence-electron chi connectivity index (χ2n) is 5.52. The molecule has 1 heterocycles. The fourth-order valence-electron chi connectivity index (χ4n) is 2.08. The van der Waals surface area contributed by atoms with Crippen LogP contribution in [0.4, 0.5) is 0 Å². The number of fused-ring (bicyclic) bond motifs is 1. The van der Waals surface area contributed by atoms with E-state index in [1.807, 2.05) is 19.2 Å². The molecule has 1 aromatic carbocycles. The van der Waals surface area contributed by atoms with E-state index in [0.29, 0.717) is 6.79 Å². The molecule has 0 atom stereocenters. The second kappa shape index (κ2) is 9.59. The first-order chi connectivity index (χ1) is 12.2. The van der Waals surface area contributed by atoms with Gasteiger partial charge in [-0.3, -0.25) is 9.59 Å². The highest BCUT2D eigenvalue weighted by atomic mass is 16.7. The van der Waals surface area contributed by atoms with Crippen LogP contribution in [0.2, 0.25) is 0 Å². The SMILES string of the molecule is CNCCc1ccc2c(c1)OCO2.O=C(O)CC(O)(CC(=O)O)C(=O)O. The highest BCUT2D eigenvalue weighted by Crippen LogP contribution is 2.32. The first-order valence-electron chi connectivity index (χ1n) is 7.60. The molecule has 2 rings (SSSR count). The lowest BCUT2D eigenvalue weighted by atomic mass is 9.96.